The molecule has 0 saturated heterocycles. The fourth-order valence-corrected chi connectivity index (χ4v) is 3.11. The Morgan fingerprint density at radius 3 is 2.74 bits per heavy atom. The first-order valence-corrected chi connectivity index (χ1v) is 8.82. The molecule has 0 bridgehead atoms. The third-order valence-corrected chi connectivity index (χ3v) is 4.37. The fraction of sp³-hybridized carbons (Fsp3) is 0.143. The van der Waals surface area contributed by atoms with Gasteiger partial charge < -0.3 is 9.84 Å². The predicted octanol–water partition coefficient (Wildman–Crippen LogP) is 1.30. The molecule has 2 aromatic heterocycles. The van der Waals surface area contributed by atoms with Crippen LogP contribution in [0.3, 0.4) is 0 Å². The van der Waals surface area contributed by atoms with Crippen molar-refractivity contribution in [3.05, 3.63) is 41.6 Å². The molecule has 27 heavy (non-hydrogen) atoms. The summed E-state index contributed by atoms with van der Waals surface area (Å²) in [7, 11) is -4.60. The first-order valence-electron chi connectivity index (χ1n) is 7.33. The van der Waals surface area contributed by atoms with E-state index in [9.17, 15) is 22.0 Å². The van der Waals surface area contributed by atoms with Gasteiger partial charge in [-0.3, -0.25) is 4.72 Å². The SMILES string of the molecule is CCOc1nc(F)cc2nc(S(=O)(=O)Nc3c(F)cccc3C(=O)O)nn12. The lowest BCUT2D eigenvalue weighted by Gasteiger charge is -2.09. The Balaban J connectivity index is 2.09. The summed E-state index contributed by atoms with van der Waals surface area (Å²) in [6.45, 7) is 1.70. The van der Waals surface area contributed by atoms with Crippen LogP contribution in [0.1, 0.15) is 17.3 Å². The van der Waals surface area contributed by atoms with Crippen LogP contribution in [0.2, 0.25) is 0 Å². The molecule has 0 amide bonds. The lowest BCUT2D eigenvalue weighted by atomic mass is 10.2. The summed E-state index contributed by atoms with van der Waals surface area (Å²) in [5.74, 6) is -3.62. The number of sulfonamides is 1. The second-order valence-electron chi connectivity index (χ2n) is 5.03. The molecule has 10 nitrogen and oxygen atoms in total. The second kappa shape index (κ2) is 6.75. The quantitative estimate of drug-likeness (QED) is 0.592. The van der Waals surface area contributed by atoms with Gasteiger partial charge in [-0.1, -0.05) is 6.07 Å². The van der Waals surface area contributed by atoms with Gasteiger partial charge in [-0.05, 0) is 19.1 Å². The maximum absolute atomic E-state index is 14.0. The molecule has 2 heterocycles. The van der Waals surface area contributed by atoms with Crippen molar-refractivity contribution in [1.82, 2.24) is 19.6 Å². The molecule has 142 valence electrons. The highest BCUT2D eigenvalue weighted by Crippen LogP contribution is 2.23. The van der Waals surface area contributed by atoms with Crippen LogP contribution in [0.4, 0.5) is 14.5 Å². The number of aromatic nitrogens is 4. The summed E-state index contributed by atoms with van der Waals surface area (Å²) in [4.78, 5) is 18.3. The molecule has 3 rings (SSSR count). The van der Waals surface area contributed by atoms with Gasteiger partial charge in [0.25, 0.3) is 15.2 Å². The number of para-hydroxylation sites is 1. The number of carboxylic acids is 1. The normalized spacial score (nSPS) is 11.5. The lowest BCUT2D eigenvalue weighted by molar-refractivity contribution is 0.0697. The zero-order valence-corrected chi connectivity index (χ0v) is 14.4. The van der Waals surface area contributed by atoms with Crippen LogP contribution in [0.5, 0.6) is 6.01 Å². The number of carbonyl (C=O) groups is 1. The molecule has 0 radical (unpaired) electrons. The van der Waals surface area contributed by atoms with Crippen LogP contribution in [0, 0.1) is 11.8 Å². The van der Waals surface area contributed by atoms with Crippen molar-refractivity contribution in [1.29, 1.82) is 0 Å². The molecule has 0 aliphatic rings. The van der Waals surface area contributed by atoms with E-state index < -0.39 is 44.2 Å². The number of aromatic carboxylic acids is 1. The average Bonchev–Trinajstić information content (AvgIpc) is 3.01. The standard InChI is InChI=1S/C14H11F2N5O5S/c1-2-26-14-17-9(16)6-10-18-13(19-21(10)14)27(24,25)20-11-7(12(22)23)4-3-5-8(11)15/h3-6,20H,2H2,1H3,(H,22,23). The van der Waals surface area contributed by atoms with E-state index in [1.807, 2.05) is 0 Å². The van der Waals surface area contributed by atoms with Crippen LogP contribution < -0.4 is 9.46 Å². The summed E-state index contributed by atoms with van der Waals surface area (Å²) in [6.07, 6.45) is 0. The Morgan fingerprint density at radius 1 is 1.33 bits per heavy atom. The number of hydrogen-bond acceptors (Lipinski definition) is 7. The highest BCUT2D eigenvalue weighted by atomic mass is 32.2. The smallest absolute Gasteiger partial charge is 0.337 e. The van der Waals surface area contributed by atoms with Gasteiger partial charge in [0.1, 0.15) is 5.82 Å². The first kappa shape index (κ1) is 18.4. The van der Waals surface area contributed by atoms with E-state index in [4.69, 9.17) is 9.84 Å². The van der Waals surface area contributed by atoms with Crippen molar-refractivity contribution in [3.8, 4) is 6.01 Å². The zero-order chi connectivity index (χ0) is 19.8. The van der Waals surface area contributed by atoms with Crippen molar-refractivity contribution >= 4 is 27.3 Å². The molecule has 1 aromatic carbocycles. The largest absolute Gasteiger partial charge is 0.478 e. The van der Waals surface area contributed by atoms with E-state index in [1.54, 1.807) is 11.6 Å². The maximum atomic E-state index is 14.0. The number of anilines is 1. The molecular weight excluding hydrogens is 388 g/mol. The van der Waals surface area contributed by atoms with Crippen LogP contribution in [0.15, 0.2) is 29.4 Å². The van der Waals surface area contributed by atoms with Gasteiger partial charge in [0.2, 0.25) is 5.95 Å². The number of ether oxygens (including phenoxy) is 1. The van der Waals surface area contributed by atoms with Crippen molar-refractivity contribution < 1.29 is 31.8 Å². The van der Waals surface area contributed by atoms with E-state index in [0.29, 0.717) is 0 Å². The minimum absolute atomic E-state index is 0.100. The lowest BCUT2D eigenvalue weighted by Crippen LogP contribution is -2.18. The zero-order valence-electron chi connectivity index (χ0n) is 13.5. The molecule has 0 spiro atoms. The number of rotatable bonds is 6. The average molecular weight is 399 g/mol. The Hall–Kier alpha value is -3.35. The first-order chi connectivity index (χ1) is 12.7. The molecular formula is C14H11F2N5O5S. The highest BCUT2D eigenvalue weighted by molar-refractivity contribution is 7.92. The predicted molar refractivity (Wildman–Crippen MR) is 86.1 cm³/mol. The van der Waals surface area contributed by atoms with Gasteiger partial charge in [-0.15, -0.1) is 5.10 Å². The van der Waals surface area contributed by atoms with Crippen LogP contribution in [-0.2, 0) is 10.0 Å². The molecule has 0 aliphatic carbocycles. The number of nitrogens with zero attached hydrogens (tertiary/aromatic N) is 4. The highest BCUT2D eigenvalue weighted by Gasteiger charge is 2.26. The molecule has 13 heteroatoms. The number of hydrogen-bond donors (Lipinski definition) is 2. The minimum atomic E-state index is -4.60. The van der Waals surface area contributed by atoms with Gasteiger partial charge >= 0.3 is 12.0 Å². The van der Waals surface area contributed by atoms with E-state index in [0.717, 1.165) is 28.8 Å². The molecule has 0 atom stereocenters. The van der Waals surface area contributed by atoms with Gasteiger partial charge in [-0.2, -0.15) is 27.3 Å². The number of carboxylic acid groups (broad SMARTS) is 1. The van der Waals surface area contributed by atoms with E-state index in [1.165, 1.54) is 0 Å². The number of nitrogens with one attached hydrogen (secondary N) is 1. The van der Waals surface area contributed by atoms with Gasteiger partial charge in [0.15, 0.2) is 5.65 Å². The van der Waals surface area contributed by atoms with E-state index in [2.05, 4.69) is 15.1 Å². The van der Waals surface area contributed by atoms with Crippen molar-refractivity contribution in [3.63, 3.8) is 0 Å². The third-order valence-electron chi connectivity index (χ3n) is 3.24. The van der Waals surface area contributed by atoms with Crippen molar-refractivity contribution in [2.45, 2.75) is 12.1 Å². The van der Waals surface area contributed by atoms with Crippen molar-refractivity contribution in [2.24, 2.45) is 0 Å². The van der Waals surface area contributed by atoms with Crippen LogP contribution in [-0.4, -0.2) is 45.7 Å². The molecule has 0 aliphatic heterocycles. The van der Waals surface area contributed by atoms with Gasteiger partial charge in [0, 0.05) is 6.07 Å². The summed E-state index contributed by atoms with van der Waals surface area (Å²) in [5.41, 5.74) is -1.61. The molecule has 0 fully saturated rings. The van der Waals surface area contributed by atoms with Gasteiger partial charge in [0.05, 0.1) is 17.9 Å². The third kappa shape index (κ3) is 3.48. The summed E-state index contributed by atoms with van der Waals surface area (Å²) < 4.78 is 60.2. The maximum Gasteiger partial charge on any atom is 0.337 e. The molecule has 2 N–H and O–H groups in total. The van der Waals surface area contributed by atoms with Gasteiger partial charge in [-0.25, -0.2) is 9.18 Å². The minimum Gasteiger partial charge on any atom is -0.478 e. The summed E-state index contributed by atoms with van der Waals surface area (Å²) >= 11 is 0. The Bertz CT molecular complexity index is 1150. The number of halogens is 2. The second-order valence-corrected chi connectivity index (χ2v) is 6.61. The number of fused-ring (bicyclic) bond motifs is 1. The van der Waals surface area contributed by atoms with Crippen LogP contribution >= 0.6 is 0 Å². The van der Waals surface area contributed by atoms with Crippen molar-refractivity contribution in [2.75, 3.05) is 11.3 Å². The Labute approximate surface area is 150 Å². The van der Waals surface area contributed by atoms with Crippen LogP contribution in [0.25, 0.3) is 5.65 Å². The van der Waals surface area contributed by atoms with E-state index >= 15 is 0 Å². The monoisotopic (exact) mass is 399 g/mol. The molecule has 3 aromatic rings. The summed E-state index contributed by atoms with van der Waals surface area (Å²) in [5, 5.41) is 11.9. The Kier molecular flexibility index (Phi) is 4.61. The summed E-state index contributed by atoms with van der Waals surface area (Å²) in [6, 6.07) is 3.50. The Morgan fingerprint density at radius 2 is 2.07 bits per heavy atom. The number of benzene rings is 1. The van der Waals surface area contributed by atoms with E-state index in [-0.39, 0.29) is 18.3 Å². The topological polar surface area (TPSA) is 136 Å². The fourth-order valence-electron chi connectivity index (χ4n) is 2.14. The molecule has 0 saturated carbocycles. The molecule has 0 unspecified atom stereocenters.